The van der Waals surface area contributed by atoms with Crippen LogP contribution >= 0.6 is 0 Å². The molecule has 1 fully saturated rings. The lowest BCUT2D eigenvalue weighted by Gasteiger charge is -2.27. The number of carbonyl (C=O) groups is 3. The Bertz CT molecular complexity index is 1290. The van der Waals surface area contributed by atoms with Gasteiger partial charge in [-0.15, -0.1) is 0 Å². The summed E-state index contributed by atoms with van der Waals surface area (Å²) in [7, 11) is 0. The molecule has 47 heavy (non-hydrogen) atoms. The van der Waals surface area contributed by atoms with Gasteiger partial charge in [0.15, 0.2) is 0 Å². The molecule has 0 aliphatic heterocycles. The Balaban J connectivity index is 1.20. The number of esters is 3. The molecule has 0 atom stereocenters. The van der Waals surface area contributed by atoms with Crippen LogP contribution in [0.2, 0.25) is 0 Å². The van der Waals surface area contributed by atoms with Crippen LogP contribution in [0.25, 0.3) is 6.08 Å². The monoisotopic (exact) mass is 662 g/mol. The predicted molar refractivity (Wildman–Crippen MR) is 172 cm³/mol. The van der Waals surface area contributed by atoms with Gasteiger partial charge < -0.3 is 30.4 Å². The van der Waals surface area contributed by atoms with Crippen molar-refractivity contribution in [2.24, 2.45) is 5.92 Å². The summed E-state index contributed by atoms with van der Waals surface area (Å²) in [5.74, 6) is -1.11. The highest BCUT2D eigenvalue weighted by Gasteiger charge is 2.29. The molecule has 0 heterocycles. The van der Waals surface area contributed by atoms with Crippen molar-refractivity contribution in [1.29, 1.82) is 0 Å². The Morgan fingerprint density at radius 1 is 0.766 bits per heavy atom. The van der Waals surface area contributed by atoms with E-state index in [1.807, 2.05) is 0 Å². The maximum Gasteiger partial charge on any atom is 0.389 e. The van der Waals surface area contributed by atoms with E-state index in [1.54, 1.807) is 36.4 Å². The number of hydrogen-bond acceptors (Lipinski definition) is 9. The number of alkyl halides is 3. The first-order chi connectivity index (χ1) is 22.5. The van der Waals surface area contributed by atoms with Crippen molar-refractivity contribution in [3.05, 3.63) is 59.7 Å². The minimum atomic E-state index is -4.17. The van der Waals surface area contributed by atoms with E-state index in [1.165, 1.54) is 18.2 Å². The fraction of sp³-hybridized carbons (Fsp3) is 0.514. The largest absolute Gasteiger partial charge is 0.463 e. The quantitative estimate of drug-likeness (QED) is 0.0548. The summed E-state index contributed by atoms with van der Waals surface area (Å²) in [4.78, 5) is 36.7. The third-order valence-corrected chi connectivity index (χ3v) is 7.71. The summed E-state index contributed by atoms with van der Waals surface area (Å²) in [5, 5.41) is 0. The molecule has 0 spiro atoms. The number of benzene rings is 2. The molecule has 0 saturated heterocycles. The lowest BCUT2D eigenvalue weighted by atomic mass is 9.87. The summed E-state index contributed by atoms with van der Waals surface area (Å²) >= 11 is 0. The van der Waals surface area contributed by atoms with Crippen molar-refractivity contribution in [3.8, 4) is 5.75 Å². The summed E-state index contributed by atoms with van der Waals surface area (Å²) < 4.78 is 58.3. The van der Waals surface area contributed by atoms with E-state index in [0.717, 1.165) is 44.1 Å². The minimum Gasteiger partial charge on any atom is -0.463 e. The van der Waals surface area contributed by atoms with Crippen LogP contribution in [-0.2, 0) is 23.8 Å². The Morgan fingerprint density at radius 3 is 1.98 bits per heavy atom. The third-order valence-electron chi connectivity index (χ3n) is 7.71. The number of unbranched alkanes of at least 4 members (excludes halogenated alkanes) is 5. The molecule has 2 aromatic carbocycles. The molecule has 258 valence electrons. The van der Waals surface area contributed by atoms with Gasteiger partial charge in [0.1, 0.15) is 5.75 Å². The highest BCUT2D eigenvalue weighted by atomic mass is 19.4. The number of ether oxygens (including phenoxy) is 4. The van der Waals surface area contributed by atoms with E-state index in [4.69, 9.17) is 30.4 Å². The van der Waals surface area contributed by atoms with E-state index in [9.17, 15) is 27.6 Å². The Labute approximate surface area is 273 Å². The number of nitrogen functional groups attached to an aromatic ring is 2. The van der Waals surface area contributed by atoms with Gasteiger partial charge in [0, 0.05) is 30.5 Å². The van der Waals surface area contributed by atoms with Gasteiger partial charge in [-0.25, -0.2) is 9.59 Å². The molecule has 2 aromatic rings. The van der Waals surface area contributed by atoms with Crippen LogP contribution in [0.15, 0.2) is 48.5 Å². The van der Waals surface area contributed by atoms with Crippen molar-refractivity contribution in [3.63, 3.8) is 0 Å². The maximum absolute atomic E-state index is 12.6. The zero-order valence-electron chi connectivity index (χ0n) is 26.6. The van der Waals surface area contributed by atoms with Gasteiger partial charge in [0.05, 0.1) is 30.8 Å². The normalized spacial score (nSPS) is 16.6. The molecule has 0 amide bonds. The van der Waals surface area contributed by atoms with Gasteiger partial charge in [-0.3, -0.25) is 4.79 Å². The molecular formula is C35H45F3N2O7. The van der Waals surface area contributed by atoms with E-state index in [0.29, 0.717) is 61.6 Å². The van der Waals surface area contributed by atoms with Gasteiger partial charge in [0.25, 0.3) is 0 Å². The van der Waals surface area contributed by atoms with Crippen LogP contribution in [0.4, 0.5) is 24.5 Å². The van der Waals surface area contributed by atoms with Gasteiger partial charge in [-0.1, -0.05) is 37.8 Å². The van der Waals surface area contributed by atoms with Gasteiger partial charge in [-0.05, 0) is 86.9 Å². The summed E-state index contributed by atoms with van der Waals surface area (Å²) in [5.41, 5.74) is 13.3. The average Bonchev–Trinajstić information content (AvgIpc) is 3.03. The summed E-state index contributed by atoms with van der Waals surface area (Å²) in [6.45, 7) is 0.712. The van der Waals surface area contributed by atoms with Crippen molar-refractivity contribution >= 4 is 35.4 Å². The molecule has 0 aromatic heterocycles. The summed E-state index contributed by atoms with van der Waals surface area (Å²) in [6.07, 6.45) is 5.40. The van der Waals surface area contributed by atoms with Gasteiger partial charge in [-0.2, -0.15) is 13.2 Å². The smallest absolute Gasteiger partial charge is 0.389 e. The molecule has 0 radical (unpaired) electrons. The molecule has 12 heteroatoms. The van der Waals surface area contributed by atoms with Gasteiger partial charge in [0.2, 0.25) is 0 Å². The number of hydrogen-bond donors (Lipinski definition) is 2. The van der Waals surface area contributed by atoms with Crippen molar-refractivity contribution < 1.29 is 46.5 Å². The van der Waals surface area contributed by atoms with Crippen LogP contribution < -0.4 is 16.2 Å². The molecule has 9 nitrogen and oxygen atoms in total. The number of rotatable bonds is 18. The lowest BCUT2D eigenvalue weighted by Crippen LogP contribution is -2.29. The predicted octanol–water partition coefficient (Wildman–Crippen LogP) is 7.43. The molecule has 1 aliphatic carbocycles. The Hall–Kier alpha value is -4.06. The number of carbonyl (C=O) groups excluding carboxylic acids is 3. The second-order valence-corrected chi connectivity index (χ2v) is 11.7. The fourth-order valence-corrected chi connectivity index (χ4v) is 5.17. The van der Waals surface area contributed by atoms with E-state index in [-0.39, 0.29) is 31.0 Å². The van der Waals surface area contributed by atoms with Crippen LogP contribution in [0, 0.1) is 5.92 Å². The van der Waals surface area contributed by atoms with Crippen molar-refractivity contribution in [2.75, 3.05) is 31.3 Å². The molecule has 0 bridgehead atoms. The molecule has 4 N–H and O–H groups in total. The molecule has 1 aliphatic rings. The van der Waals surface area contributed by atoms with E-state index >= 15 is 0 Å². The number of halogens is 3. The van der Waals surface area contributed by atoms with Crippen LogP contribution in [0.3, 0.4) is 0 Å². The number of nitrogens with two attached hydrogens (primary N) is 2. The number of anilines is 2. The molecular weight excluding hydrogens is 617 g/mol. The van der Waals surface area contributed by atoms with Gasteiger partial charge >= 0.3 is 24.1 Å². The van der Waals surface area contributed by atoms with Crippen LogP contribution in [-0.4, -0.2) is 50.0 Å². The molecule has 3 rings (SSSR count). The minimum absolute atomic E-state index is 0.0615. The topological polar surface area (TPSA) is 140 Å². The Morgan fingerprint density at radius 2 is 1.36 bits per heavy atom. The SMILES string of the molecule is Nc1cc(N)cc(C(=O)OCCCCCCCCOC(=O)/C=C/c2ccc(OC(=O)C3CCC(OCCCC(F)(F)F)CC3)cc2)c1. The lowest BCUT2D eigenvalue weighted by molar-refractivity contribution is -0.143. The summed E-state index contributed by atoms with van der Waals surface area (Å²) in [6, 6.07) is 11.4. The zero-order valence-corrected chi connectivity index (χ0v) is 26.6. The highest BCUT2D eigenvalue weighted by molar-refractivity contribution is 5.91. The first-order valence-electron chi connectivity index (χ1n) is 16.2. The molecule has 0 unspecified atom stereocenters. The van der Waals surface area contributed by atoms with Crippen LogP contribution in [0.1, 0.15) is 93.0 Å². The Kier molecular flexibility index (Phi) is 15.6. The first kappa shape index (κ1) is 37.4. The zero-order chi connectivity index (χ0) is 34.1. The standard InChI is InChI=1S/C35H45F3N2O7/c36-35(37,38)18-7-21-44-30-15-11-26(12-16-30)34(43)47-31-13-8-25(9-14-31)10-17-32(41)45-19-5-3-1-2-4-6-20-46-33(42)27-22-28(39)24-29(40)23-27/h8-10,13-14,17,22-24,26,30H,1-7,11-12,15-16,18-21,39-40H2/b17-10+. The third kappa shape index (κ3) is 15.4. The average molecular weight is 663 g/mol. The van der Waals surface area contributed by atoms with E-state index in [2.05, 4.69) is 0 Å². The fourth-order valence-electron chi connectivity index (χ4n) is 5.17. The van der Waals surface area contributed by atoms with Crippen LogP contribution in [0.5, 0.6) is 5.75 Å². The van der Waals surface area contributed by atoms with Crippen molar-refractivity contribution in [1.82, 2.24) is 0 Å². The second kappa shape index (κ2) is 19.6. The molecule has 1 saturated carbocycles. The highest BCUT2D eigenvalue weighted by Crippen LogP contribution is 2.29. The first-order valence-corrected chi connectivity index (χ1v) is 16.2. The maximum atomic E-state index is 12.6. The van der Waals surface area contributed by atoms with Crippen molar-refractivity contribution in [2.45, 2.75) is 89.3 Å². The second-order valence-electron chi connectivity index (χ2n) is 11.7. The van der Waals surface area contributed by atoms with E-state index < -0.39 is 24.5 Å².